The molecule has 5 heteroatoms. The van der Waals surface area contributed by atoms with E-state index < -0.39 is 5.97 Å². The summed E-state index contributed by atoms with van der Waals surface area (Å²) in [5, 5.41) is 11.9. The van der Waals surface area contributed by atoms with Crippen molar-refractivity contribution in [3.05, 3.63) is 35.4 Å². The lowest BCUT2D eigenvalue weighted by Gasteiger charge is -2.13. The summed E-state index contributed by atoms with van der Waals surface area (Å²) >= 11 is 1.71. The van der Waals surface area contributed by atoms with Crippen LogP contribution in [0.1, 0.15) is 35.2 Å². The van der Waals surface area contributed by atoms with E-state index in [0.29, 0.717) is 18.4 Å². The monoisotopic (exact) mass is 293 g/mol. The fourth-order valence-electron chi connectivity index (χ4n) is 2.57. The Balaban J connectivity index is 1.95. The summed E-state index contributed by atoms with van der Waals surface area (Å²) < 4.78 is 0. The van der Waals surface area contributed by atoms with Gasteiger partial charge in [0.05, 0.1) is 5.92 Å². The molecule has 0 heterocycles. The summed E-state index contributed by atoms with van der Waals surface area (Å²) in [6.45, 7) is 0. The third-order valence-electron chi connectivity index (χ3n) is 3.62. The first kappa shape index (κ1) is 14.9. The SMILES string of the molecule is CSCc1cccc(C(=O)NC2CCC(C(=O)O)C2)c1. The van der Waals surface area contributed by atoms with Crippen LogP contribution in [0, 0.1) is 5.92 Å². The molecular formula is C15H19NO3S. The Bertz CT molecular complexity index is 504. The molecule has 2 atom stereocenters. The molecule has 1 fully saturated rings. The predicted molar refractivity (Wildman–Crippen MR) is 79.9 cm³/mol. The van der Waals surface area contributed by atoms with Crippen LogP contribution in [0.2, 0.25) is 0 Å². The first-order chi connectivity index (χ1) is 9.60. The smallest absolute Gasteiger partial charge is 0.306 e. The molecule has 1 amide bonds. The van der Waals surface area contributed by atoms with Gasteiger partial charge in [-0.25, -0.2) is 0 Å². The van der Waals surface area contributed by atoms with Crippen LogP contribution in [-0.4, -0.2) is 29.3 Å². The van der Waals surface area contributed by atoms with Crippen molar-refractivity contribution in [3.63, 3.8) is 0 Å². The predicted octanol–water partition coefficient (Wildman–Crippen LogP) is 2.53. The van der Waals surface area contributed by atoms with E-state index in [1.54, 1.807) is 17.8 Å². The van der Waals surface area contributed by atoms with E-state index in [1.807, 2.05) is 24.5 Å². The molecule has 1 aromatic carbocycles. The van der Waals surface area contributed by atoms with E-state index in [9.17, 15) is 9.59 Å². The Morgan fingerprint density at radius 3 is 2.85 bits per heavy atom. The number of nitrogens with one attached hydrogen (secondary N) is 1. The van der Waals surface area contributed by atoms with Gasteiger partial charge in [-0.05, 0) is 43.2 Å². The number of hydrogen-bond acceptors (Lipinski definition) is 3. The number of carboxylic acid groups (broad SMARTS) is 1. The molecule has 0 bridgehead atoms. The zero-order chi connectivity index (χ0) is 14.5. The van der Waals surface area contributed by atoms with Crippen molar-refractivity contribution in [3.8, 4) is 0 Å². The second-order valence-electron chi connectivity index (χ2n) is 5.15. The van der Waals surface area contributed by atoms with Crippen molar-refractivity contribution >= 4 is 23.6 Å². The molecule has 2 N–H and O–H groups in total. The van der Waals surface area contributed by atoms with E-state index in [1.165, 1.54) is 0 Å². The summed E-state index contributed by atoms with van der Waals surface area (Å²) in [7, 11) is 0. The number of rotatable bonds is 5. The van der Waals surface area contributed by atoms with Gasteiger partial charge < -0.3 is 10.4 Å². The largest absolute Gasteiger partial charge is 0.481 e. The Kier molecular flexibility index (Phi) is 5.06. The highest BCUT2D eigenvalue weighted by Crippen LogP contribution is 2.26. The lowest BCUT2D eigenvalue weighted by atomic mass is 10.1. The van der Waals surface area contributed by atoms with Crippen LogP contribution in [0.3, 0.4) is 0 Å². The van der Waals surface area contributed by atoms with Gasteiger partial charge in [-0.15, -0.1) is 0 Å². The van der Waals surface area contributed by atoms with Crippen LogP contribution in [0.25, 0.3) is 0 Å². The second kappa shape index (κ2) is 6.79. The molecule has 2 rings (SSSR count). The van der Waals surface area contributed by atoms with E-state index in [-0.39, 0.29) is 17.9 Å². The number of amides is 1. The third-order valence-corrected chi connectivity index (χ3v) is 4.24. The lowest BCUT2D eigenvalue weighted by molar-refractivity contribution is -0.141. The van der Waals surface area contributed by atoms with Crippen molar-refractivity contribution < 1.29 is 14.7 Å². The number of benzene rings is 1. The number of carbonyl (C=O) groups excluding carboxylic acids is 1. The number of carbonyl (C=O) groups is 2. The zero-order valence-electron chi connectivity index (χ0n) is 11.5. The van der Waals surface area contributed by atoms with Crippen molar-refractivity contribution in [2.24, 2.45) is 5.92 Å². The van der Waals surface area contributed by atoms with Crippen LogP contribution >= 0.6 is 11.8 Å². The summed E-state index contributed by atoms with van der Waals surface area (Å²) in [5.74, 6) is -0.304. The summed E-state index contributed by atoms with van der Waals surface area (Å²) in [5.41, 5.74) is 1.77. The zero-order valence-corrected chi connectivity index (χ0v) is 12.3. The highest BCUT2D eigenvalue weighted by Gasteiger charge is 2.30. The van der Waals surface area contributed by atoms with Crippen molar-refractivity contribution in [1.82, 2.24) is 5.32 Å². The van der Waals surface area contributed by atoms with Gasteiger partial charge in [-0.1, -0.05) is 12.1 Å². The molecule has 0 radical (unpaired) electrons. The third kappa shape index (κ3) is 3.76. The fraction of sp³-hybridized carbons (Fsp3) is 0.467. The molecule has 108 valence electrons. The molecule has 20 heavy (non-hydrogen) atoms. The maximum atomic E-state index is 12.2. The standard InChI is InChI=1S/C15H19NO3S/c1-20-9-10-3-2-4-11(7-10)14(17)16-13-6-5-12(8-13)15(18)19/h2-4,7,12-13H,5-6,8-9H2,1H3,(H,16,17)(H,18,19). The topological polar surface area (TPSA) is 66.4 Å². The molecule has 2 unspecified atom stereocenters. The van der Waals surface area contributed by atoms with Crippen molar-refractivity contribution in [1.29, 1.82) is 0 Å². The maximum Gasteiger partial charge on any atom is 0.306 e. The minimum absolute atomic E-state index is 0.0205. The van der Waals surface area contributed by atoms with Gasteiger partial charge in [0, 0.05) is 17.4 Å². The van der Waals surface area contributed by atoms with Crippen LogP contribution in [-0.2, 0) is 10.5 Å². The van der Waals surface area contributed by atoms with Gasteiger partial charge in [0.25, 0.3) is 5.91 Å². The molecule has 0 saturated heterocycles. The number of thioether (sulfide) groups is 1. The Labute approximate surface area is 123 Å². The summed E-state index contributed by atoms with van der Waals surface area (Å²) in [6.07, 6.45) is 3.95. The van der Waals surface area contributed by atoms with Crippen LogP contribution < -0.4 is 5.32 Å². The van der Waals surface area contributed by atoms with Gasteiger partial charge in [0.1, 0.15) is 0 Å². The molecule has 1 saturated carbocycles. The number of aliphatic carboxylic acids is 1. The Morgan fingerprint density at radius 2 is 2.20 bits per heavy atom. The van der Waals surface area contributed by atoms with E-state index in [2.05, 4.69) is 5.32 Å². The molecule has 4 nitrogen and oxygen atoms in total. The van der Waals surface area contributed by atoms with Crippen LogP contribution in [0.4, 0.5) is 0 Å². The first-order valence-electron chi connectivity index (χ1n) is 6.71. The highest BCUT2D eigenvalue weighted by molar-refractivity contribution is 7.97. The van der Waals surface area contributed by atoms with Crippen molar-refractivity contribution in [2.75, 3.05) is 6.26 Å². The van der Waals surface area contributed by atoms with Crippen LogP contribution in [0.5, 0.6) is 0 Å². The van der Waals surface area contributed by atoms with E-state index in [4.69, 9.17) is 5.11 Å². The number of hydrogen-bond donors (Lipinski definition) is 2. The quantitative estimate of drug-likeness (QED) is 0.875. The molecule has 0 spiro atoms. The molecular weight excluding hydrogens is 274 g/mol. The van der Waals surface area contributed by atoms with Gasteiger partial charge in [-0.3, -0.25) is 9.59 Å². The van der Waals surface area contributed by atoms with Crippen LogP contribution in [0.15, 0.2) is 24.3 Å². The average Bonchev–Trinajstić information content (AvgIpc) is 2.88. The minimum Gasteiger partial charge on any atom is -0.481 e. The van der Waals surface area contributed by atoms with Crippen molar-refractivity contribution in [2.45, 2.75) is 31.1 Å². The van der Waals surface area contributed by atoms with E-state index in [0.717, 1.165) is 17.7 Å². The van der Waals surface area contributed by atoms with Gasteiger partial charge >= 0.3 is 5.97 Å². The Morgan fingerprint density at radius 1 is 1.40 bits per heavy atom. The summed E-state index contributed by atoms with van der Waals surface area (Å²) in [6, 6.07) is 7.56. The van der Waals surface area contributed by atoms with Gasteiger partial charge in [0.2, 0.25) is 0 Å². The highest BCUT2D eigenvalue weighted by atomic mass is 32.2. The molecule has 0 aliphatic heterocycles. The minimum atomic E-state index is -0.760. The van der Waals surface area contributed by atoms with E-state index >= 15 is 0 Å². The molecule has 1 aliphatic carbocycles. The Hall–Kier alpha value is -1.49. The molecule has 0 aromatic heterocycles. The van der Waals surface area contributed by atoms with Gasteiger partial charge in [-0.2, -0.15) is 11.8 Å². The maximum absolute atomic E-state index is 12.2. The fourth-order valence-corrected chi connectivity index (χ4v) is 3.09. The second-order valence-corrected chi connectivity index (χ2v) is 6.02. The molecule has 1 aromatic rings. The molecule has 1 aliphatic rings. The first-order valence-corrected chi connectivity index (χ1v) is 8.11. The lowest BCUT2D eigenvalue weighted by Crippen LogP contribution is -2.33. The normalized spacial score (nSPS) is 21.6. The number of carboxylic acids is 1. The summed E-state index contributed by atoms with van der Waals surface area (Å²) in [4.78, 5) is 23.1. The van der Waals surface area contributed by atoms with Gasteiger partial charge in [0.15, 0.2) is 0 Å². The average molecular weight is 293 g/mol.